The third-order valence-electron chi connectivity index (χ3n) is 4.08. The van der Waals surface area contributed by atoms with Crippen molar-refractivity contribution in [3.63, 3.8) is 0 Å². The maximum Gasteiger partial charge on any atom is 0.152 e. The van der Waals surface area contributed by atoms with Crippen LogP contribution in [0.15, 0.2) is 36.4 Å². The molecule has 0 saturated carbocycles. The molecular weight excluding hydrogens is 840 g/mol. The first-order valence-electron chi connectivity index (χ1n) is 8.50. The molecule has 29 heavy (non-hydrogen) atoms. The topological polar surface area (TPSA) is 81.7 Å². The van der Waals surface area contributed by atoms with Gasteiger partial charge < -0.3 is 0 Å². The van der Waals surface area contributed by atoms with Gasteiger partial charge in [-0.25, -0.2) is 8.42 Å². The Labute approximate surface area is 226 Å². The van der Waals surface area contributed by atoms with E-state index in [1.807, 2.05) is 36.4 Å². The molecule has 0 saturated heterocycles. The lowest BCUT2D eigenvalue weighted by molar-refractivity contribution is 0.573. The molecule has 4 nitrogen and oxygen atoms in total. The molecule has 2 rings (SSSR count). The smallest absolute Gasteiger partial charge is 0.152 e. The quantitative estimate of drug-likeness (QED) is 0.325. The van der Waals surface area contributed by atoms with Gasteiger partial charge in [0.05, 0.1) is 35.5 Å². The number of sulfone groups is 1. The van der Waals surface area contributed by atoms with Crippen LogP contribution in [0.25, 0.3) is 0 Å². The van der Waals surface area contributed by atoms with Gasteiger partial charge in [-0.3, -0.25) is 0 Å². The van der Waals surface area contributed by atoms with Crippen LogP contribution < -0.4 is 0 Å². The van der Waals surface area contributed by atoms with E-state index in [9.17, 15) is 18.9 Å². The fourth-order valence-electron chi connectivity index (χ4n) is 2.99. The standard InChI is InChI=1S/C20H16I4N2O2S/c21-17-3-13(4-18(22)7-17)1-15(9-25)11-29(27,28)12-16(10-26)2-14-5-19(23)8-20(24)6-14/h3-8,15-16H,1-2,11-12H2. The summed E-state index contributed by atoms with van der Waals surface area (Å²) < 4.78 is 29.6. The minimum atomic E-state index is -3.54. The van der Waals surface area contributed by atoms with Crippen LogP contribution in [-0.4, -0.2) is 19.9 Å². The molecule has 9 heteroatoms. The minimum absolute atomic E-state index is 0.229. The highest BCUT2D eigenvalue weighted by atomic mass is 127. The molecule has 2 aromatic carbocycles. The van der Waals surface area contributed by atoms with Crippen molar-refractivity contribution in [2.75, 3.05) is 11.5 Å². The van der Waals surface area contributed by atoms with Crippen molar-refractivity contribution >= 4 is 100 Å². The van der Waals surface area contributed by atoms with Gasteiger partial charge in [-0.2, -0.15) is 10.5 Å². The van der Waals surface area contributed by atoms with E-state index in [4.69, 9.17) is 0 Å². The van der Waals surface area contributed by atoms with Gasteiger partial charge in [0.2, 0.25) is 0 Å². The molecule has 2 unspecified atom stereocenters. The van der Waals surface area contributed by atoms with Crippen molar-refractivity contribution in [3.05, 3.63) is 61.8 Å². The summed E-state index contributed by atoms with van der Waals surface area (Å²) in [6, 6.07) is 16.2. The third-order valence-corrected chi connectivity index (χ3v) is 8.40. The molecule has 2 aromatic rings. The summed E-state index contributed by atoms with van der Waals surface area (Å²) in [5.41, 5.74) is 1.90. The monoisotopic (exact) mass is 856 g/mol. The zero-order valence-corrected chi connectivity index (χ0v) is 24.5. The average molecular weight is 856 g/mol. The Bertz CT molecular complexity index is 955. The maximum absolute atomic E-state index is 12.7. The van der Waals surface area contributed by atoms with Crippen molar-refractivity contribution in [2.24, 2.45) is 11.8 Å². The summed E-state index contributed by atoms with van der Waals surface area (Å²) in [7, 11) is -3.54. The Morgan fingerprint density at radius 3 is 1.28 bits per heavy atom. The van der Waals surface area contributed by atoms with E-state index in [2.05, 4.69) is 103 Å². The predicted octanol–water partition coefficient (Wildman–Crippen LogP) is 5.58. The van der Waals surface area contributed by atoms with Crippen LogP contribution in [0.4, 0.5) is 0 Å². The lowest BCUT2D eigenvalue weighted by atomic mass is 10.0. The van der Waals surface area contributed by atoms with Crippen LogP contribution in [0.5, 0.6) is 0 Å². The summed E-state index contributed by atoms with van der Waals surface area (Å²) in [4.78, 5) is 0. The summed E-state index contributed by atoms with van der Waals surface area (Å²) in [5.74, 6) is -1.72. The molecule has 0 heterocycles. The fraction of sp³-hybridized carbons (Fsp3) is 0.300. The molecule has 0 bridgehead atoms. The van der Waals surface area contributed by atoms with Crippen LogP contribution in [-0.2, 0) is 22.7 Å². The number of hydrogen-bond donors (Lipinski definition) is 0. The molecule has 0 fully saturated rings. The van der Waals surface area contributed by atoms with Crippen LogP contribution >= 0.6 is 90.4 Å². The first-order valence-corrected chi connectivity index (χ1v) is 14.6. The highest BCUT2D eigenvalue weighted by Crippen LogP contribution is 2.21. The Morgan fingerprint density at radius 2 is 1.00 bits per heavy atom. The summed E-state index contributed by atoms with van der Waals surface area (Å²) in [6.07, 6.45) is 0.768. The molecule has 0 spiro atoms. The van der Waals surface area contributed by atoms with Gasteiger partial charge in [-0.1, -0.05) is 0 Å². The van der Waals surface area contributed by atoms with E-state index in [0.717, 1.165) is 25.4 Å². The molecule has 0 aromatic heterocycles. The van der Waals surface area contributed by atoms with Crippen molar-refractivity contribution in [2.45, 2.75) is 12.8 Å². The lowest BCUT2D eigenvalue weighted by Crippen LogP contribution is -2.24. The zero-order chi connectivity index (χ0) is 21.6. The first kappa shape index (κ1) is 25.5. The number of benzene rings is 2. The van der Waals surface area contributed by atoms with Gasteiger partial charge in [0.15, 0.2) is 9.84 Å². The molecule has 0 amide bonds. The number of halogens is 4. The normalized spacial score (nSPS) is 13.3. The summed E-state index contributed by atoms with van der Waals surface area (Å²) in [6.45, 7) is 0. The molecule has 0 aliphatic heterocycles. The Hall–Kier alpha value is 0.290. The molecule has 0 aliphatic rings. The third kappa shape index (κ3) is 9.13. The minimum Gasteiger partial charge on any atom is -0.229 e. The summed E-state index contributed by atoms with van der Waals surface area (Å²) in [5, 5.41) is 19.0. The maximum atomic E-state index is 12.7. The second kappa shape index (κ2) is 11.8. The van der Waals surface area contributed by atoms with E-state index in [1.165, 1.54) is 0 Å². The summed E-state index contributed by atoms with van der Waals surface area (Å²) >= 11 is 8.84. The van der Waals surface area contributed by atoms with Crippen LogP contribution in [0, 0.1) is 48.8 Å². The highest BCUT2D eigenvalue weighted by Gasteiger charge is 2.24. The van der Waals surface area contributed by atoms with Crippen molar-refractivity contribution in [3.8, 4) is 12.1 Å². The lowest BCUT2D eigenvalue weighted by Gasteiger charge is -2.14. The molecule has 2 atom stereocenters. The fourth-order valence-corrected chi connectivity index (χ4v) is 8.87. The second-order valence-corrected chi connectivity index (χ2v) is 13.8. The Kier molecular flexibility index (Phi) is 10.4. The average Bonchev–Trinajstić information content (AvgIpc) is 2.58. The first-order chi connectivity index (χ1) is 13.6. The van der Waals surface area contributed by atoms with Crippen LogP contribution in [0.2, 0.25) is 0 Å². The SMILES string of the molecule is N#CC(Cc1cc(I)cc(I)c1)CS(=O)(=O)CC(C#N)Cc1cc(I)cc(I)c1. The number of nitrogens with zero attached hydrogens (tertiary/aromatic N) is 2. The number of rotatable bonds is 8. The Balaban J connectivity index is 2.07. The van der Waals surface area contributed by atoms with E-state index in [1.54, 1.807) is 0 Å². The van der Waals surface area contributed by atoms with Crippen LogP contribution in [0.3, 0.4) is 0 Å². The van der Waals surface area contributed by atoms with Crippen LogP contribution in [0.1, 0.15) is 11.1 Å². The van der Waals surface area contributed by atoms with Gasteiger partial charge in [0, 0.05) is 14.3 Å². The largest absolute Gasteiger partial charge is 0.229 e. The predicted molar refractivity (Wildman–Crippen MR) is 148 cm³/mol. The van der Waals surface area contributed by atoms with Gasteiger partial charge in [-0.05, 0) is 151 Å². The molecule has 152 valence electrons. The number of nitriles is 2. The van der Waals surface area contributed by atoms with Gasteiger partial charge in [0.25, 0.3) is 0 Å². The van der Waals surface area contributed by atoms with Gasteiger partial charge in [-0.15, -0.1) is 0 Å². The van der Waals surface area contributed by atoms with E-state index >= 15 is 0 Å². The second-order valence-electron chi connectivity index (χ2n) is 6.69. The molecule has 0 radical (unpaired) electrons. The van der Waals surface area contributed by atoms with E-state index < -0.39 is 21.7 Å². The molecular formula is C20H16I4N2O2S. The van der Waals surface area contributed by atoms with E-state index in [-0.39, 0.29) is 11.5 Å². The van der Waals surface area contributed by atoms with Gasteiger partial charge >= 0.3 is 0 Å². The molecule has 0 aliphatic carbocycles. The highest BCUT2D eigenvalue weighted by molar-refractivity contribution is 14.1. The van der Waals surface area contributed by atoms with Crippen molar-refractivity contribution in [1.29, 1.82) is 10.5 Å². The van der Waals surface area contributed by atoms with Gasteiger partial charge in [0.1, 0.15) is 0 Å². The van der Waals surface area contributed by atoms with Crippen molar-refractivity contribution < 1.29 is 8.42 Å². The zero-order valence-electron chi connectivity index (χ0n) is 15.1. The molecule has 0 N–H and O–H groups in total. The number of hydrogen-bond acceptors (Lipinski definition) is 4. The van der Waals surface area contributed by atoms with Crippen molar-refractivity contribution in [1.82, 2.24) is 0 Å². The Morgan fingerprint density at radius 1 is 0.690 bits per heavy atom. The van der Waals surface area contributed by atoms with E-state index in [0.29, 0.717) is 12.8 Å².